The van der Waals surface area contributed by atoms with Gasteiger partial charge in [0.15, 0.2) is 11.0 Å². The summed E-state index contributed by atoms with van der Waals surface area (Å²) in [5.41, 5.74) is 3.93. The van der Waals surface area contributed by atoms with Crippen molar-refractivity contribution in [2.45, 2.75) is 32.5 Å². The van der Waals surface area contributed by atoms with Gasteiger partial charge < -0.3 is 15.0 Å². The summed E-state index contributed by atoms with van der Waals surface area (Å²) in [7, 11) is 0. The van der Waals surface area contributed by atoms with E-state index in [4.69, 9.17) is 0 Å². The Kier molecular flexibility index (Phi) is 9.00. The fraction of sp³-hybridized carbons (Fsp3) is 0.267. The summed E-state index contributed by atoms with van der Waals surface area (Å²) in [5.74, 6) is 0.703. The summed E-state index contributed by atoms with van der Waals surface area (Å²) >= 11 is 1.48. The minimum Gasteiger partial charge on any atom is -0.406 e. The van der Waals surface area contributed by atoms with Crippen LogP contribution in [-0.4, -0.2) is 51.2 Å². The number of halogens is 4. The lowest BCUT2D eigenvalue weighted by molar-refractivity contribution is -0.274. The smallest absolute Gasteiger partial charge is 0.406 e. The number of ether oxygens (including phenoxy) is 1. The number of aliphatic imine (C=N–C) groups is 1. The highest BCUT2D eigenvalue weighted by Gasteiger charge is 2.31. The molecule has 1 aliphatic rings. The summed E-state index contributed by atoms with van der Waals surface area (Å²) in [6.45, 7) is 5.03. The van der Waals surface area contributed by atoms with Crippen molar-refractivity contribution >= 4 is 28.6 Å². The van der Waals surface area contributed by atoms with E-state index in [9.17, 15) is 22.4 Å². The maximum absolute atomic E-state index is 13.9. The van der Waals surface area contributed by atoms with E-state index in [1.54, 1.807) is 6.07 Å². The molecule has 1 saturated heterocycles. The first kappa shape index (κ1) is 30.1. The van der Waals surface area contributed by atoms with E-state index < -0.39 is 12.4 Å². The second-order valence-electron chi connectivity index (χ2n) is 9.99. The number of carbonyl (C=O) groups is 1. The van der Waals surface area contributed by atoms with Gasteiger partial charge in [0.05, 0.1) is 5.69 Å². The number of nitrogens with one attached hydrogen (secondary N) is 1. The van der Waals surface area contributed by atoms with E-state index >= 15 is 0 Å². The van der Waals surface area contributed by atoms with Crippen molar-refractivity contribution in [1.29, 1.82) is 0 Å². The van der Waals surface area contributed by atoms with Crippen LogP contribution in [0.1, 0.15) is 30.9 Å². The van der Waals surface area contributed by atoms with Gasteiger partial charge in [-0.1, -0.05) is 43.8 Å². The number of carbonyl (C=O) groups excluding carboxylic acids is 1. The molecule has 3 aromatic carbocycles. The first-order valence-electron chi connectivity index (χ1n) is 13.5. The molecule has 224 valence electrons. The maximum atomic E-state index is 13.9. The van der Waals surface area contributed by atoms with Gasteiger partial charge in [-0.15, -0.1) is 18.3 Å². The van der Waals surface area contributed by atoms with E-state index in [0.717, 1.165) is 28.1 Å². The SMILES string of the molecule is CC(C)c1cc(F)ccc1N1CCSC1=NC(=O)NCCc1cccc(-c2ncn(-c3ccc(OC(F)(F)F)cc3)n2)c1. The monoisotopic (exact) mass is 612 g/mol. The number of alkyl halides is 3. The van der Waals surface area contributed by atoms with Crippen LogP contribution in [0.3, 0.4) is 0 Å². The van der Waals surface area contributed by atoms with Crippen molar-refractivity contribution in [2.24, 2.45) is 4.99 Å². The average molecular weight is 613 g/mol. The molecule has 2 heterocycles. The van der Waals surface area contributed by atoms with Crippen LogP contribution in [0.15, 0.2) is 78.0 Å². The van der Waals surface area contributed by atoms with Crippen LogP contribution < -0.4 is 15.0 Å². The Hall–Kier alpha value is -4.39. The number of aromatic nitrogens is 3. The number of anilines is 1. The van der Waals surface area contributed by atoms with Crippen molar-refractivity contribution in [3.8, 4) is 22.8 Å². The largest absolute Gasteiger partial charge is 0.573 e. The van der Waals surface area contributed by atoms with Gasteiger partial charge in [0.2, 0.25) is 0 Å². The molecule has 0 bridgehead atoms. The zero-order chi connectivity index (χ0) is 30.6. The zero-order valence-corrected chi connectivity index (χ0v) is 24.1. The Labute approximate surface area is 249 Å². The number of amides is 2. The molecular formula is C30H28F4N6O2S. The number of rotatable bonds is 8. The maximum Gasteiger partial charge on any atom is 0.573 e. The van der Waals surface area contributed by atoms with Crippen molar-refractivity contribution in [2.75, 3.05) is 23.7 Å². The Balaban J connectivity index is 1.19. The van der Waals surface area contributed by atoms with E-state index in [-0.39, 0.29) is 17.5 Å². The molecule has 0 atom stereocenters. The molecule has 1 aliphatic heterocycles. The minimum absolute atomic E-state index is 0.111. The molecule has 4 aromatic rings. The molecule has 43 heavy (non-hydrogen) atoms. The third kappa shape index (κ3) is 7.72. The molecule has 5 rings (SSSR count). The summed E-state index contributed by atoms with van der Waals surface area (Å²) in [6, 6.07) is 17.1. The van der Waals surface area contributed by atoms with E-state index in [1.807, 2.05) is 43.0 Å². The molecular weight excluding hydrogens is 584 g/mol. The van der Waals surface area contributed by atoms with Gasteiger partial charge in [-0.05, 0) is 72.0 Å². The normalized spacial score (nSPS) is 14.5. The van der Waals surface area contributed by atoms with E-state index in [0.29, 0.717) is 36.2 Å². The number of urea groups is 1. The molecule has 13 heteroatoms. The number of amidine groups is 1. The van der Waals surface area contributed by atoms with Gasteiger partial charge in [-0.3, -0.25) is 0 Å². The molecule has 1 aromatic heterocycles. The topological polar surface area (TPSA) is 84.6 Å². The van der Waals surface area contributed by atoms with Crippen LogP contribution in [0.25, 0.3) is 17.1 Å². The third-order valence-corrected chi connectivity index (χ3v) is 7.53. The predicted octanol–water partition coefficient (Wildman–Crippen LogP) is 6.96. The number of thioether (sulfide) groups is 1. The number of hydrogen-bond donors (Lipinski definition) is 1. The first-order valence-corrected chi connectivity index (χ1v) is 14.5. The number of benzene rings is 3. The van der Waals surface area contributed by atoms with Crippen molar-refractivity contribution in [1.82, 2.24) is 20.1 Å². The average Bonchev–Trinajstić information content (AvgIpc) is 3.63. The molecule has 0 unspecified atom stereocenters. The highest BCUT2D eigenvalue weighted by molar-refractivity contribution is 8.14. The molecule has 1 N–H and O–H groups in total. The van der Waals surface area contributed by atoms with Gasteiger partial charge in [-0.25, -0.2) is 18.9 Å². The summed E-state index contributed by atoms with van der Waals surface area (Å²) in [6.07, 6.45) is -2.75. The van der Waals surface area contributed by atoms with Gasteiger partial charge in [0.1, 0.15) is 17.9 Å². The Morgan fingerprint density at radius 1 is 1.12 bits per heavy atom. The van der Waals surface area contributed by atoms with Gasteiger partial charge >= 0.3 is 12.4 Å². The van der Waals surface area contributed by atoms with Crippen LogP contribution >= 0.6 is 11.8 Å². The molecule has 0 aliphatic carbocycles. The Bertz CT molecular complexity index is 1620. The molecule has 8 nitrogen and oxygen atoms in total. The number of nitrogens with zero attached hydrogens (tertiary/aromatic N) is 5. The molecule has 2 amide bonds. The zero-order valence-electron chi connectivity index (χ0n) is 23.3. The second-order valence-corrected chi connectivity index (χ2v) is 11.1. The molecule has 0 radical (unpaired) electrons. The lowest BCUT2D eigenvalue weighted by Crippen LogP contribution is -2.29. The van der Waals surface area contributed by atoms with Crippen LogP contribution in [0, 0.1) is 5.82 Å². The van der Waals surface area contributed by atoms with Gasteiger partial charge in [0.25, 0.3) is 0 Å². The van der Waals surface area contributed by atoms with Crippen LogP contribution in [0.5, 0.6) is 5.75 Å². The fourth-order valence-corrected chi connectivity index (χ4v) is 5.53. The molecule has 1 fully saturated rings. The fourth-order valence-electron chi connectivity index (χ4n) is 4.58. The van der Waals surface area contributed by atoms with Gasteiger partial charge in [-0.2, -0.15) is 4.99 Å². The molecule has 0 saturated carbocycles. The standard InChI is InChI=1S/C30H28F4N6O2S/c1-19(2)25-17-22(31)6-11-26(25)39-14-15-43-29(39)37-28(41)35-13-12-20-4-3-5-21(16-20)27-36-18-40(38-27)23-7-9-24(10-8-23)42-30(32,33)34/h3-11,16-19H,12-15H2,1-2H3,(H,35,41). The molecule has 0 spiro atoms. The Morgan fingerprint density at radius 3 is 2.65 bits per heavy atom. The van der Waals surface area contributed by atoms with Crippen molar-refractivity contribution in [3.63, 3.8) is 0 Å². The third-order valence-electron chi connectivity index (χ3n) is 6.58. The summed E-state index contributed by atoms with van der Waals surface area (Å²) < 4.78 is 56.5. The first-order chi connectivity index (χ1) is 20.6. The van der Waals surface area contributed by atoms with Gasteiger partial charge in [0, 0.05) is 30.1 Å². The van der Waals surface area contributed by atoms with Crippen LogP contribution in [0.2, 0.25) is 0 Å². The summed E-state index contributed by atoms with van der Waals surface area (Å²) in [5, 5.41) is 7.86. The lowest BCUT2D eigenvalue weighted by Gasteiger charge is -2.23. The highest BCUT2D eigenvalue weighted by Crippen LogP contribution is 2.33. The summed E-state index contributed by atoms with van der Waals surface area (Å²) in [4.78, 5) is 23.2. The van der Waals surface area contributed by atoms with Crippen LogP contribution in [0.4, 0.5) is 28.0 Å². The van der Waals surface area contributed by atoms with E-state index in [2.05, 4.69) is 25.1 Å². The number of hydrogen-bond acceptors (Lipinski definition) is 5. The minimum atomic E-state index is -4.76. The quantitative estimate of drug-likeness (QED) is 0.217. The second kappa shape index (κ2) is 12.9. The van der Waals surface area contributed by atoms with Crippen LogP contribution in [-0.2, 0) is 6.42 Å². The lowest BCUT2D eigenvalue weighted by atomic mass is 10.0. The Morgan fingerprint density at radius 2 is 1.91 bits per heavy atom. The van der Waals surface area contributed by atoms with E-state index in [1.165, 1.54) is 59.2 Å². The van der Waals surface area contributed by atoms with Crippen molar-refractivity contribution < 1.29 is 27.1 Å². The highest BCUT2D eigenvalue weighted by atomic mass is 32.2. The van der Waals surface area contributed by atoms with Crippen molar-refractivity contribution in [3.05, 3.63) is 90.0 Å². The predicted molar refractivity (Wildman–Crippen MR) is 158 cm³/mol.